The zero-order chi connectivity index (χ0) is 17.9. The Morgan fingerprint density at radius 1 is 1.12 bits per heavy atom. The number of hydrogen-bond donors (Lipinski definition) is 1. The van der Waals surface area contributed by atoms with Crippen molar-refractivity contribution in [3.8, 4) is 23.3 Å². The fraction of sp³-hybridized carbons (Fsp3) is 0.167. The molecule has 0 spiro atoms. The summed E-state index contributed by atoms with van der Waals surface area (Å²) in [5, 5.41) is 18.3. The van der Waals surface area contributed by atoms with Crippen LogP contribution in [0.3, 0.4) is 0 Å². The van der Waals surface area contributed by atoms with Crippen LogP contribution in [0.4, 0.5) is 13.2 Å². The Morgan fingerprint density at radius 3 is 2.21 bits per heavy atom. The van der Waals surface area contributed by atoms with Crippen molar-refractivity contribution in [1.82, 2.24) is 0 Å². The van der Waals surface area contributed by atoms with E-state index in [1.54, 1.807) is 6.92 Å². The summed E-state index contributed by atoms with van der Waals surface area (Å²) in [6, 6.07) is 10.5. The second-order valence-corrected chi connectivity index (χ2v) is 5.13. The highest BCUT2D eigenvalue weighted by Gasteiger charge is 2.36. The molecular weight excluding hydrogens is 315 g/mol. The molecule has 0 heterocycles. The largest absolute Gasteiger partial charge is 0.417 e. The van der Waals surface area contributed by atoms with Crippen molar-refractivity contribution in [3.05, 3.63) is 64.6 Å². The summed E-state index contributed by atoms with van der Waals surface area (Å²) in [7, 11) is 0. The van der Waals surface area contributed by atoms with Crippen molar-refractivity contribution in [1.29, 1.82) is 10.5 Å². The van der Waals surface area contributed by atoms with Crippen LogP contribution in [0.2, 0.25) is 0 Å². The molecule has 0 unspecified atom stereocenters. The van der Waals surface area contributed by atoms with Gasteiger partial charge in [-0.3, -0.25) is 0 Å². The molecule has 0 saturated carbocycles. The van der Waals surface area contributed by atoms with Gasteiger partial charge in [-0.05, 0) is 48.4 Å². The first-order chi connectivity index (χ1) is 11.3. The average molecular weight is 328 g/mol. The average Bonchev–Trinajstić information content (AvgIpc) is 2.55. The summed E-state index contributed by atoms with van der Waals surface area (Å²) in [6.45, 7) is 1.66. The van der Waals surface area contributed by atoms with E-state index in [4.69, 9.17) is 11.0 Å². The molecule has 0 fully saturated rings. The van der Waals surface area contributed by atoms with Gasteiger partial charge in [-0.25, -0.2) is 0 Å². The van der Waals surface area contributed by atoms with Gasteiger partial charge in [0.2, 0.25) is 0 Å². The molecule has 0 aromatic heterocycles. The van der Waals surface area contributed by atoms with Gasteiger partial charge in [0, 0.05) is 12.0 Å². The van der Waals surface area contributed by atoms with Crippen LogP contribution in [0.15, 0.2) is 30.3 Å². The predicted molar refractivity (Wildman–Crippen MR) is 83.5 cm³/mol. The maximum atomic E-state index is 13.5. The van der Waals surface area contributed by atoms with Crippen molar-refractivity contribution in [2.45, 2.75) is 13.1 Å². The van der Waals surface area contributed by atoms with Crippen LogP contribution >= 0.6 is 0 Å². The molecule has 0 aliphatic rings. The third-order valence-electron chi connectivity index (χ3n) is 3.68. The summed E-state index contributed by atoms with van der Waals surface area (Å²) in [4.78, 5) is 0. The highest BCUT2D eigenvalue weighted by molar-refractivity contribution is 5.77. The molecule has 1 radical (unpaired) electrons. The third-order valence-corrected chi connectivity index (χ3v) is 3.68. The normalized spacial score (nSPS) is 11.0. The molecule has 2 rings (SSSR count). The van der Waals surface area contributed by atoms with Crippen LogP contribution in [0.25, 0.3) is 11.1 Å². The monoisotopic (exact) mass is 328 g/mol. The lowest BCUT2D eigenvalue weighted by atomic mass is 9.87. The van der Waals surface area contributed by atoms with E-state index in [2.05, 4.69) is 0 Å². The Labute approximate surface area is 137 Å². The SMILES string of the molecule is Cc1c([CH]CN)cc(C(F)(F)F)c(-c2ccc(C#N)cc2)c1C#N. The molecule has 0 saturated heterocycles. The Hall–Kier alpha value is -2.83. The van der Waals surface area contributed by atoms with Crippen LogP contribution in [-0.2, 0) is 6.18 Å². The van der Waals surface area contributed by atoms with Gasteiger partial charge in [0.25, 0.3) is 0 Å². The number of nitrogens with two attached hydrogens (primary N) is 1. The molecule has 0 aliphatic carbocycles. The van der Waals surface area contributed by atoms with Gasteiger partial charge in [-0.1, -0.05) is 12.1 Å². The van der Waals surface area contributed by atoms with E-state index in [1.165, 1.54) is 30.7 Å². The molecule has 6 heteroatoms. The van der Waals surface area contributed by atoms with E-state index in [0.717, 1.165) is 6.07 Å². The van der Waals surface area contributed by atoms with E-state index >= 15 is 0 Å². The van der Waals surface area contributed by atoms with Gasteiger partial charge in [-0.2, -0.15) is 23.7 Å². The standard InChI is InChI=1S/C18H13F3N3/c1-11-14(6-7-22)8-16(18(19,20)21)17(15(11)10-24)13-4-2-12(9-23)3-5-13/h2-6,8H,7,22H2,1H3. The molecular formula is C18H13F3N3. The first-order valence-corrected chi connectivity index (χ1v) is 7.02. The number of rotatable bonds is 3. The van der Waals surface area contributed by atoms with Crippen LogP contribution in [0, 0.1) is 36.0 Å². The number of hydrogen-bond acceptors (Lipinski definition) is 3. The Balaban J connectivity index is 2.83. The first kappa shape index (κ1) is 17.5. The third kappa shape index (κ3) is 3.24. The molecule has 24 heavy (non-hydrogen) atoms. The van der Waals surface area contributed by atoms with E-state index in [1.807, 2.05) is 12.1 Å². The highest BCUT2D eigenvalue weighted by Crippen LogP contribution is 2.41. The van der Waals surface area contributed by atoms with Gasteiger partial charge < -0.3 is 5.73 Å². The number of nitrogens with zero attached hydrogens (tertiary/aromatic N) is 2. The lowest BCUT2D eigenvalue weighted by molar-refractivity contribution is -0.137. The molecule has 2 aromatic carbocycles. The minimum absolute atomic E-state index is 0.0470. The van der Waals surface area contributed by atoms with Crippen molar-refractivity contribution in [2.75, 3.05) is 6.54 Å². The highest BCUT2D eigenvalue weighted by atomic mass is 19.4. The number of alkyl halides is 3. The lowest BCUT2D eigenvalue weighted by Gasteiger charge is -2.19. The first-order valence-electron chi connectivity index (χ1n) is 7.02. The summed E-state index contributed by atoms with van der Waals surface area (Å²) in [5.74, 6) is 0. The number of nitriles is 2. The van der Waals surface area contributed by atoms with Crippen LogP contribution in [-0.4, -0.2) is 6.54 Å². The van der Waals surface area contributed by atoms with E-state index in [-0.39, 0.29) is 23.2 Å². The lowest BCUT2D eigenvalue weighted by Crippen LogP contribution is -2.12. The van der Waals surface area contributed by atoms with Gasteiger partial charge in [0.05, 0.1) is 22.8 Å². The maximum Gasteiger partial charge on any atom is 0.417 e. The van der Waals surface area contributed by atoms with Crippen LogP contribution in [0.5, 0.6) is 0 Å². The molecule has 0 atom stereocenters. The van der Waals surface area contributed by atoms with E-state index < -0.39 is 11.7 Å². The minimum atomic E-state index is -4.63. The quantitative estimate of drug-likeness (QED) is 0.927. The molecule has 0 aliphatic heterocycles. The fourth-order valence-corrected chi connectivity index (χ4v) is 2.52. The maximum absolute atomic E-state index is 13.5. The van der Waals surface area contributed by atoms with Gasteiger partial charge >= 0.3 is 6.18 Å². The molecule has 0 amide bonds. The van der Waals surface area contributed by atoms with E-state index in [9.17, 15) is 18.4 Å². The van der Waals surface area contributed by atoms with Crippen LogP contribution in [0.1, 0.15) is 27.8 Å². The Bertz CT molecular complexity index is 838. The zero-order valence-corrected chi connectivity index (χ0v) is 12.8. The van der Waals surface area contributed by atoms with Crippen molar-refractivity contribution in [2.24, 2.45) is 5.73 Å². The van der Waals surface area contributed by atoms with Gasteiger partial charge in [0.1, 0.15) is 6.07 Å². The molecule has 121 valence electrons. The number of halogens is 3. The van der Waals surface area contributed by atoms with Crippen LogP contribution < -0.4 is 5.73 Å². The van der Waals surface area contributed by atoms with E-state index in [0.29, 0.717) is 16.7 Å². The second kappa shape index (κ2) is 6.74. The van der Waals surface area contributed by atoms with Gasteiger partial charge in [0.15, 0.2) is 0 Å². The molecule has 2 N–H and O–H groups in total. The minimum Gasteiger partial charge on any atom is -0.330 e. The predicted octanol–water partition coefficient (Wildman–Crippen LogP) is 3.94. The van der Waals surface area contributed by atoms with Crippen molar-refractivity contribution >= 4 is 0 Å². The molecule has 0 bridgehead atoms. The molecule has 3 nitrogen and oxygen atoms in total. The summed E-state index contributed by atoms with van der Waals surface area (Å²) in [6.07, 6.45) is -3.17. The fourth-order valence-electron chi connectivity index (χ4n) is 2.52. The van der Waals surface area contributed by atoms with Gasteiger partial charge in [-0.15, -0.1) is 0 Å². The Morgan fingerprint density at radius 2 is 1.75 bits per heavy atom. The Kier molecular flexibility index (Phi) is 4.92. The topological polar surface area (TPSA) is 73.6 Å². The number of benzene rings is 2. The summed E-state index contributed by atoms with van der Waals surface area (Å²) in [5.41, 5.74) is 5.59. The molecule has 2 aromatic rings. The zero-order valence-electron chi connectivity index (χ0n) is 12.8. The summed E-state index contributed by atoms with van der Waals surface area (Å²) < 4.78 is 40.6. The summed E-state index contributed by atoms with van der Waals surface area (Å²) >= 11 is 0. The van der Waals surface area contributed by atoms with Crippen molar-refractivity contribution in [3.63, 3.8) is 0 Å². The second-order valence-electron chi connectivity index (χ2n) is 5.13. The van der Waals surface area contributed by atoms with Crippen molar-refractivity contribution < 1.29 is 13.2 Å². The smallest absolute Gasteiger partial charge is 0.330 e.